The van der Waals surface area contributed by atoms with Crippen molar-refractivity contribution >= 4 is 17.8 Å². The van der Waals surface area contributed by atoms with Crippen LogP contribution in [0.2, 0.25) is 0 Å². The largest absolute Gasteiger partial charge is 0.493 e. The zero-order valence-corrected chi connectivity index (χ0v) is 18.6. The van der Waals surface area contributed by atoms with Crippen molar-refractivity contribution in [2.24, 2.45) is 11.8 Å². The van der Waals surface area contributed by atoms with Gasteiger partial charge in [-0.2, -0.15) is 0 Å². The molecule has 4 rings (SSSR count). The summed E-state index contributed by atoms with van der Waals surface area (Å²) in [5.74, 6) is 1.99. The standard InChI is InChI=1S/C26H33N3O2/c1-19-17-29(26(30)28-24-11-10-20(2)27-16-24)13-12-23(19)14-22-8-5-9-25(15-22)31-18-21-6-3-4-7-21/h5,8-11,14-16,19,21H,3-4,6-7,12-13,17-18H2,1-2H3,(H,28,30)/b23-14+. The zero-order chi connectivity index (χ0) is 21.6. The predicted molar refractivity (Wildman–Crippen MR) is 125 cm³/mol. The van der Waals surface area contributed by atoms with Crippen molar-refractivity contribution in [1.82, 2.24) is 9.88 Å². The Hall–Kier alpha value is -2.82. The van der Waals surface area contributed by atoms with Crippen LogP contribution in [0.25, 0.3) is 6.08 Å². The maximum absolute atomic E-state index is 12.6. The first-order chi connectivity index (χ1) is 15.1. The Morgan fingerprint density at radius 3 is 2.84 bits per heavy atom. The van der Waals surface area contributed by atoms with Gasteiger partial charge in [-0.15, -0.1) is 0 Å². The van der Waals surface area contributed by atoms with Crippen molar-refractivity contribution in [3.05, 3.63) is 59.4 Å². The molecule has 1 saturated carbocycles. The number of nitrogens with zero attached hydrogens (tertiary/aromatic N) is 2. The number of ether oxygens (including phenoxy) is 1. The minimum Gasteiger partial charge on any atom is -0.493 e. The van der Waals surface area contributed by atoms with Gasteiger partial charge in [-0.1, -0.05) is 43.5 Å². The summed E-state index contributed by atoms with van der Waals surface area (Å²) in [4.78, 5) is 18.8. The van der Waals surface area contributed by atoms with Crippen LogP contribution in [-0.2, 0) is 0 Å². The number of hydrogen-bond donors (Lipinski definition) is 1. The molecule has 0 spiro atoms. The van der Waals surface area contributed by atoms with Crippen LogP contribution in [-0.4, -0.2) is 35.6 Å². The number of amides is 2. The Balaban J connectivity index is 1.33. The third kappa shape index (κ3) is 5.87. The van der Waals surface area contributed by atoms with Gasteiger partial charge in [-0.05, 0) is 67.9 Å². The highest BCUT2D eigenvalue weighted by Gasteiger charge is 2.24. The highest BCUT2D eigenvalue weighted by molar-refractivity contribution is 5.89. The van der Waals surface area contributed by atoms with Crippen molar-refractivity contribution in [1.29, 1.82) is 0 Å². The van der Waals surface area contributed by atoms with E-state index in [0.29, 0.717) is 11.8 Å². The Labute approximate surface area is 185 Å². The number of likely N-dealkylation sites (tertiary alicyclic amines) is 1. The van der Waals surface area contributed by atoms with Crippen LogP contribution in [0, 0.1) is 18.8 Å². The number of nitrogens with one attached hydrogen (secondary N) is 1. The molecule has 5 heteroatoms. The summed E-state index contributed by atoms with van der Waals surface area (Å²) >= 11 is 0. The van der Waals surface area contributed by atoms with Gasteiger partial charge in [-0.25, -0.2) is 4.79 Å². The third-order valence-corrected chi connectivity index (χ3v) is 6.42. The predicted octanol–water partition coefficient (Wildman–Crippen LogP) is 5.92. The second kappa shape index (κ2) is 9.99. The summed E-state index contributed by atoms with van der Waals surface area (Å²) in [6, 6.07) is 12.1. The summed E-state index contributed by atoms with van der Waals surface area (Å²) in [6.07, 6.45) is 10.1. The maximum atomic E-state index is 12.6. The Morgan fingerprint density at radius 1 is 1.26 bits per heavy atom. The Bertz CT molecular complexity index is 917. The molecule has 1 aliphatic heterocycles. The van der Waals surface area contributed by atoms with E-state index in [1.807, 2.05) is 30.0 Å². The number of carbonyl (C=O) groups excluding carboxylic acids is 1. The highest BCUT2D eigenvalue weighted by Crippen LogP contribution is 2.28. The van der Waals surface area contributed by atoms with E-state index in [1.165, 1.54) is 36.8 Å². The van der Waals surface area contributed by atoms with Crippen LogP contribution in [0.3, 0.4) is 0 Å². The van der Waals surface area contributed by atoms with Crippen LogP contribution in [0.5, 0.6) is 5.75 Å². The quantitative estimate of drug-likeness (QED) is 0.655. The summed E-state index contributed by atoms with van der Waals surface area (Å²) in [5, 5.41) is 2.96. The molecule has 1 aromatic heterocycles. The van der Waals surface area contributed by atoms with Gasteiger partial charge in [-0.3, -0.25) is 4.98 Å². The van der Waals surface area contributed by atoms with E-state index in [9.17, 15) is 4.79 Å². The number of anilines is 1. The fourth-order valence-electron chi connectivity index (χ4n) is 4.49. The first-order valence-electron chi connectivity index (χ1n) is 11.5. The maximum Gasteiger partial charge on any atom is 0.321 e. The molecule has 0 radical (unpaired) electrons. The monoisotopic (exact) mass is 419 g/mol. The van der Waals surface area contributed by atoms with Crippen molar-refractivity contribution in [2.45, 2.75) is 46.0 Å². The molecule has 164 valence electrons. The fraction of sp³-hybridized carbons (Fsp3) is 0.462. The number of hydrogen-bond acceptors (Lipinski definition) is 3. The van der Waals surface area contributed by atoms with Gasteiger partial charge in [0.1, 0.15) is 5.75 Å². The molecule has 1 saturated heterocycles. The molecular formula is C26H33N3O2. The highest BCUT2D eigenvalue weighted by atomic mass is 16.5. The molecule has 31 heavy (non-hydrogen) atoms. The molecule has 2 amide bonds. The summed E-state index contributed by atoms with van der Waals surface area (Å²) in [6.45, 7) is 6.40. The SMILES string of the molecule is Cc1ccc(NC(=O)N2CC/C(=C\c3cccc(OCC4CCCC4)c3)C(C)C2)cn1. The lowest BCUT2D eigenvalue weighted by Gasteiger charge is -2.33. The lowest BCUT2D eigenvalue weighted by atomic mass is 9.91. The zero-order valence-electron chi connectivity index (χ0n) is 18.6. The van der Waals surface area contributed by atoms with E-state index < -0.39 is 0 Å². The van der Waals surface area contributed by atoms with Gasteiger partial charge in [0.25, 0.3) is 0 Å². The molecule has 1 aromatic carbocycles. The molecule has 2 aliphatic rings. The van der Waals surface area contributed by atoms with Crippen molar-refractivity contribution in [3.63, 3.8) is 0 Å². The molecule has 2 aromatic rings. The molecule has 1 atom stereocenters. The van der Waals surface area contributed by atoms with Crippen LogP contribution in [0.15, 0.2) is 48.2 Å². The lowest BCUT2D eigenvalue weighted by Crippen LogP contribution is -2.42. The molecule has 0 bridgehead atoms. The second-order valence-corrected chi connectivity index (χ2v) is 8.97. The summed E-state index contributed by atoms with van der Waals surface area (Å²) in [5.41, 5.74) is 4.23. The number of rotatable bonds is 5. The molecular weight excluding hydrogens is 386 g/mol. The average molecular weight is 420 g/mol. The number of benzene rings is 1. The molecule has 2 fully saturated rings. The van der Waals surface area contributed by atoms with E-state index in [1.54, 1.807) is 6.20 Å². The van der Waals surface area contributed by atoms with Gasteiger partial charge in [0.15, 0.2) is 0 Å². The van der Waals surface area contributed by atoms with Gasteiger partial charge in [0, 0.05) is 18.8 Å². The van der Waals surface area contributed by atoms with Crippen molar-refractivity contribution in [2.75, 3.05) is 25.0 Å². The minimum absolute atomic E-state index is 0.0566. The van der Waals surface area contributed by atoms with Gasteiger partial charge >= 0.3 is 6.03 Å². The molecule has 1 unspecified atom stereocenters. The molecule has 1 N–H and O–H groups in total. The van der Waals surface area contributed by atoms with Crippen LogP contribution >= 0.6 is 0 Å². The van der Waals surface area contributed by atoms with Gasteiger partial charge in [0.05, 0.1) is 18.5 Å². The van der Waals surface area contributed by atoms with Crippen molar-refractivity contribution < 1.29 is 9.53 Å². The summed E-state index contributed by atoms with van der Waals surface area (Å²) < 4.78 is 6.06. The van der Waals surface area contributed by atoms with E-state index in [2.05, 4.69) is 41.5 Å². The van der Waals surface area contributed by atoms with Gasteiger partial charge in [0.2, 0.25) is 0 Å². The lowest BCUT2D eigenvalue weighted by molar-refractivity contribution is 0.198. The van der Waals surface area contributed by atoms with Crippen molar-refractivity contribution in [3.8, 4) is 5.75 Å². The normalized spacial score (nSPS) is 20.8. The van der Waals surface area contributed by atoms with E-state index >= 15 is 0 Å². The Morgan fingerprint density at radius 2 is 2.10 bits per heavy atom. The fourth-order valence-corrected chi connectivity index (χ4v) is 4.49. The van der Waals surface area contributed by atoms with Crippen LogP contribution in [0.4, 0.5) is 10.5 Å². The number of piperidine rings is 1. The van der Waals surface area contributed by atoms with Crippen LogP contribution in [0.1, 0.15) is 50.3 Å². The van der Waals surface area contributed by atoms with E-state index in [-0.39, 0.29) is 6.03 Å². The number of carbonyl (C=O) groups is 1. The topological polar surface area (TPSA) is 54.5 Å². The number of aryl methyl sites for hydroxylation is 1. The molecule has 5 nitrogen and oxygen atoms in total. The van der Waals surface area contributed by atoms with E-state index in [0.717, 1.165) is 43.2 Å². The minimum atomic E-state index is -0.0566. The number of aromatic nitrogens is 1. The Kier molecular flexibility index (Phi) is 6.90. The number of pyridine rings is 1. The second-order valence-electron chi connectivity index (χ2n) is 8.97. The third-order valence-electron chi connectivity index (χ3n) is 6.42. The van der Waals surface area contributed by atoms with Gasteiger partial charge < -0.3 is 15.0 Å². The van der Waals surface area contributed by atoms with E-state index in [4.69, 9.17) is 4.74 Å². The average Bonchev–Trinajstić information content (AvgIpc) is 3.29. The molecule has 2 heterocycles. The summed E-state index contributed by atoms with van der Waals surface area (Å²) in [7, 11) is 0. The van der Waals surface area contributed by atoms with Crippen LogP contribution < -0.4 is 10.1 Å². The smallest absolute Gasteiger partial charge is 0.321 e. The number of urea groups is 1. The molecule has 1 aliphatic carbocycles. The first-order valence-corrected chi connectivity index (χ1v) is 11.5. The first kappa shape index (κ1) is 21.4.